The molecule has 0 radical (unpaired) electrons. The molecule has 108 valence electrons. The van der Waals surface area contributed by atoms with Crippen LogP contribution in [0.3, 0.4) is 0 Å². The van der Waals surface area contributed by atoms with Gasteiger partial charge in [-0.05, 0) is 35.9 Å². The molecular formula is C17H17NO3. The van der Waals surface area contributed by atoms with Crippen molar-refractivity contribution >= 4 is 0 Å². The van der Waals surface area contributed by atoms with Gasteiger partial charge in [0.25, 0.3) is 0 Å². The highest BCUT2D eigenvalue weighted by molar-refractivity contribution is 5.26. The van der Waals surface area contributed by atoms with Crippen LogP contribution in [0.5, 0.6) is 5.75 Å². The van der Waals surface area contributed by atoms with Crippen molar-refractivity contribution < 1.29 is 13.9 Å². The van der Waals surface area contributed by atoms with E-state index in [9.17, 15) is 5.11 Å². The lowest BCUT2D eigenvalue weighted by atomic mass is 10.2. The minimum Gasteiger partial charge on any atom is -0.508 e. The zero-order chi connectivity index (χ0) is 14.5. The molecule has 1 N–H and O–H groups in total. The summed E-state index contributed by atoms with van der Waals surface area (Å²) in [5.41, 5.74) is 2.27. The highest BCUT2D eigenvalue weighted by atomic mass is 16.3. The summed E-state index contributed by atoms with van der Waals surface area (Å²) >= 11 is 0. The summed E-state index contributed by atoms with van der Waals surface area (Å²) in [4.78, 5) is 2.26. The Morgan fingerprint density at radius 3 is 2.33 bits per heavy atom. The molecule has 0 saturated carbocycles. The van der Waals surface area contributed by atoms with Crippen molar-refractivity contribution in [1.29, 1.82) is 0 Å². The Hall–Kier alpha value is -2.46. The predicted molar refractivity (Wildman–Crippen MR) is 78.5 cm³/mol. The second-order valence-corrected chi connectivity index (χ2v) is 5.02. The maximum absolute atomic E-state index is 9.36. The minimum atomic E-state index is 0.283. The van der Waals surface area contributed by atoms with Crippen LogP contribution < -0.4 is 0 Å². The van der Waals surface area contributed by atoms with Gasteiger partial charge in [-0.15, -0.1) is 0 Å². The smallest absolute Gasteiger partial charge is 0.117 e. The quantitative estimate of drug-likeness (QED) is 0.748. The standard InChI is InChI=1S/C17H17NO3/c19-16-5-3-14(4-6-16)10-18(11-15-7-9-20-13-15)12-17-2-1-8-21-17/h1-9,13,19H,10-12H2. The molecule has 0 spiro atoms. The molecule has 0 bridgehead atoms. The maximum Gasteiger partial charge on any atom is 0.117 e. The average Bonchev–Trinajstić information content (AvgIpc) is 3.15. The summed E-state index contributed by atoms with van der Waals surface area (Å²) in [6.07, 6.45) is 5.12. The molecule has 0 aliphatic carbocycles. The van der Waals surface area contributed by atoms with Crippen molar-refractivity contribution in [1.82, 2.24) is 4.90 Å². The number of furan rings is 2. The Morgan fingerprint density at radius 2 is 1.67 bits per heavy atom. The zero-order valence-electron chi connectivity index (χ0n) is 11.6. The maximum atomic E-state index is 9.36. The fraction of sp³-hybridized carbons (Fsp3) is 0.176. The van der Waals surface area contributed by atoms with Crippen LogP contribution >= 0.6 is 0 Å². The third kappa shape index (κ3) is 3.77. The summed E-state index contributed by atoms with van der Waals surface area (Å²) in [6.45, 7) is 2.27. The number of rotatable bonds is 6. The molecule has 3 rings (SSSR count). The summed E-state index contributed by atoms with van der Waals surface area (Å²) in [5.74, 6) is 1.21. The fourth-order valence-corrected chi connectivity index (χ4v) is 2.29. The first-order chi connectivity index (χ1) is 10.3. The Bertz CT molecular complexity index is 606. The normalized spacial score (nSPS) is 11.1. The van der Waals surface area contributed by atoms with Crippen LogP contribution in [0.2, 0.25) is 0 Å². The summed E-state index contributed by atoms with van der Waals surface area (Å²) < 4.78 is 10.6. The molecule has 0 aliphatic rings. The van der Waals surface area contributed by atoms with Crippen LogP contribution in [0.15, 0.2) is 70.1 Å². The van der Waals surface area contributed by atoms with Crippen molar-refractivity contribution in [2.45, 2.75) is 19.6 Å². The van der Waals surface area contributed by atoms with Crippen LogP contribution in [0.1, 0.15) is 16.9 Å². The van der Waals surface area contributed by atoms with E-state index < -0.39 is 0 Å². The number of benzene rings is 1. The van der Waals surface area contributed by atoms with Gasteiger partial charge in [-0.2, -0.15) is 0 Å². The Balaban J connectivity index is 1.72. The summed E-state index contributed by atoms with van der Waals surface area (Å²) in [6, 6.07) is 13.1. The molecule has 0 aliphatic heterocycles. The lowest BCUT2D eigenvalue weighted by Gasteiger charge is -2.20. The van der Waals surface area contributed by atoms with Gasteiger partial charge >= 0.3 is 0 Å². The predicted octanol–water partition coefficient (Wildman–Crippen LogP) is 3.78. The first-order valence-corrected chi connectivity index (χ1v) is 6.83. The van der Waals surface area contributed by atoms with Crippen LogP contribution in [-0.2, 0) is 19.6 Å². The summed E-state index contributed by atoms with van der Waals surface area (Å²) in [5, 5.41) is 9.36. The number of hydrogen-bond acceptors (Lipinski definition) is 4. The number of phenols is 1. The molecular weight excluding hydrogens is 266 g/mol. The third-order valence-corrected chi connectivity index (χ3v) is 3.29. The van der Waals surface area contributed by atoms with E-state index in [0.29, 0.717) is 0 Å². The van der Waals surface area contributed by atoms with Gasteiger partial charge < -0.3 is 13.9 Å². The van der Waals surface area contributed by atoms with E-state index in [1.54, 1.807) is 30.9 Å². The molecule has 0 saturated heterocycles. The van der Waals surface area contributed by atoms with Gasteiger partial charge in [0, 0.05) is 18.7 Å². The van der Waals surface area contributed by atoms with Gasteiger partial charge in [0.05, 0.1) is 25.3 Å². The Labute approximate surface area is 123 Å². The van der Waals surface area contributed by atoms with Gasteiger partial charge in [0.15, 0.2) is 0 Å². The molecule has 2 heterocycles. The highest BCUT2D eigenvalue weighted by Crippen LogP contribution is 2.16. The number of nitrogens with zero attached hydrogens (tertiary/aromatic N) is 1. The largest absolute Gasteiger partial charge is 0.508 e. The number of phenolic OH excluding ortho intramolecular Hbond substituents is 1. The first-order valence-electron chi connectivity index (χ1n) is 6.83. The molecule has 2 aromatic heterocycles. The van der Waals surface area contributed by atoms with Gasteiger partial charge in [-0.25, -0.2) is 0 Å². The van der Waals surface area contributed by atoms with E-state index in [4.69, 9.17) is 8.83 Å². The Kier molecular flexibility index (Phi) is 4.07. The monoisotopic (exact) mass is 283 g/mol. The zero-order valence-corrected chi connectivity index (χ0v) is 11.6. The second-order valence-electron chi connectivity index (χ2n) is 5.02. The third-order valence-electron chi connectivity index (χ3n) is 3.29. The molecule has 0 amide bonds. The lowest BCUT2D eigenvalue weighted by molar-refractivity contribution is 0.226. The van der Waals surface area contributed by atoms with Crippen molar-refractivity contribution in [3.8, 4) is 5.75 Å². The molecule has 21 heavy (non-hydrogen) atoms. The van der Waals surface area contributed by atoms with Gasteiger partial charge in [-0.3, -0.25) is 4.90 Å². The van der Waals surface area contributed by atoms with Gasteiger partial charge in [-0.1, -0.05) is 12.1 Å². The SMILES string of the molecule is Oc1ccc(CN(Cc2ccoc2)Cc2ccco2)cc1. The van der Waals surface area contributed by atoms with E-state index in [-0.39, 0.29) is 5.75 Å². The van der Waals surface area contributed by atoms with E-state index in [0.717, 1.165) is 36.5 Å². The second kappa shape index (κ2) is 6.33. The van der Waals surface area contributed by atoms with Crippen molar-refractivity contribution in [2.75, 3.05) is 0 Å². The molecule has 4 heteroatoms. The number of hydrogen-bond donors (Lipinski definition) is 1. The Morgan fingerprint density at radius 1 is 0.857 bits per heavy atom. The van der Waals surface area contributed by atoms with Crippen LogP contribution in [0.25, 0.3) is 0 Å². The molecule has 0 fully saturated rings. The van der Waals surface area contributed by atoms with Crippen molar-refractivity contribution in [3.63, 3.8) is 0 Å². The minimum absolute atomic E-state index is 0.283. The molecule has 4 nitrogen and oxygen atoms in total. The molecule has 0 atom stereocenters. The highest BCUT2D eigenvalue weighted by Gasteiger charge is 2.10. The van der Waals surface area contributed by atoms with Gasteiger partial charge in [0.2, 0.25) is 0 Å². The van der Waals surface area contributed by atoms with Crippen LogP contribution in [0, 0.1) is 0 Å². The van der Waals surface area contributed by atoms with Crippen LogP contribution in [0.4, 0.5) is 0 Å². The molecule has 1 aromatic carbocycles. The number of aromatic hydroxyl groups is 1. The van der Waals surface area contributed by atoms with Crippen molar-refractivity contribution in [2.24, 2.45) is 0 Å². The van der Waals surface area contributed by atoms with Gasteiger partial charge in [0.1, 0.15) is 11.5 Å². The first kappa shape index (κ1) is 13.5. The molecule has 3 aromatic rings. The molecule has 0 unspecified atom stereocenters. The fourth-order valence-electron chi connectivity index (χ4n) is 2.29. The average molecular weight is 283 g/mol. The van der Waals surface area contributed by atoms with Crippen molar-refractivity contribution in [3.05, 3.63) is 78.1 Å². The lowest BCUT2D eigenvalue weighted by Crippen LogP contribution is -2.21. The van der Waals surface area contributed by atoms with E-state index in [1.165, 1.54) is 0 Å². The van der Waals surface area contributed by atoms with Crippen LogP contribution in [-0.4, -0.2) is 10.0 Å². The summed E-state index contributed by atoms with van der Waals surface area (Å²) in [7, 11) is 0. The van der Waals surface area contributed by atoms with E-state index in [1.807, 2.05) is 30.3 Å². The topological polar surface area (TPSA) is 49.8 Å². The van der Waals surface area contributed by atoms with E-state index >= 15 is 0 Å². The van der Waals surface area contributed by atoms with E-state index in [2.05, 4.69) is 4.90 Å².